The maximum Gasteiger partial charge on any atom is 0.345 e. The fourth-order valence-corrected chi connectivity index (χ4v) is 1.20. The molecule has 0 heterocycles. The first kappa shape index (κ1) is 12.1. The van der Waals surface area contributed by atoms with E-state index >= 15 is 0 Å². The van der Waals surface area contributed by atoms with Crippen molar-refractivity contribution in [2.45, 2.75) is 0 Å². The van der Waals surface area contributed by atoms with Crippen molar-refractivity contribution in [1.82, 2.24) is 0 Å². The average molecular weight is 263 g/mol. The van der Waals surface area contributed by atoms with Crippen molar-refractivity contribution in [1.29, 1.82) is 0 Å². The lowest BCUT2D eigenvalue weighted by atomic mass is 10.2. The second-order valence-electron chi connectivity index (χ2n) is 2.68. The third kappa shape index (κ3) is 4.91. The Balaban J connectivity index is 3.20. The van der Waals surface area contributed by atoms with E-state index in [9.17, 15) is 19.4 Å². The van der Waals surface area contributed by atoms with Crippen LogP contribution >= 0.6 is 21.8 Å². The van der Waals surface area contributed by atoms with Crippen molar-refractivity contribution in [3.63, 3.8) is 0 Å². The van der Waals surface area contributed by atoms with E-state index in [0.717, 1.165) is 6.07 Å². The minimum Gasteiger partial charge on any atom is -0.0873 e. The Hall–Kier alpha value is -0.930. The normalized spacial score (nSPS) is 15.9. The van der Waals surface area contributed by atoms with E-state index in [4.69, 9.17) is 11.6 Å². The summed E-state index contributed by atoms with van der Waals surface area (Å²) in [7, 11) is -9.67. The van der Waals surface area contributed by atoms with Crippen LogP contribution in [0, 0.1) is 11.2 Å². The van der Waals surface area contributed by atoms with Gasteiger partial charge in [-0.25, -0.2) is 0 Å². The van der Waals surface area contributed by atoms with Gasteiger partial charge in [-0.1, -0.05) is 43.2 Å². The van der Waals surface area contributed by atoms with E-state index < -0.39 is 10.2 Å². The van der Waals surface area contributed by atoms with Crippen molar-refractivity contribution in [2.75, 3.05) is 0 Å². The van der Waals surface area contributed by atoms with Crippen LogP contribution in [-0.4, -0.2) is 0 Å². The van der Waals surface area contributed by atoms with E-state index in [2.05, 4.69) is 0 Å². The zero-order valence-electron chi connectivity index (χ0n) is 6.99. The predicted octanol–water partition coefficient (Wildman–Crippen LogP) is 4.95. The Morgan fingerprint density at radius 1 is 1.00 bits per heavy atom. The molecule has 1 aromatic carbocycles. The van der Waals surface area contributed by atoms with Gasteiger partial charge in [0.1, 0.15) is 0 Å². The summed E-state index contributed by atoms with van der Waals surface area (Å²) in [5.74, 6) is 1.33. The van der Waals surface area contributed by atoms with Gasteiger partial charge >= 0.3 is 10.2 Å². The van der Waals surface area contributed by atoms with Crippen LogP contribution in [0.3, 0.4) is 0 Å². The summed E-state index contributed by atoms with van der Waals surface area (Å²) < 4.78 is 59.1. The molecule has 0 N–H and O–H groups in total. The maximum atomic E-state index is 11.8. The quantitative estimate of drug-likeness (QED) is 0.458. The SMILES string of the molecule is FS(F)(F)(F)(F)C#Cc1ccccc1Cl. The molecule has 0 aliphatic rings. The molecule has 84 valence electrons. The lowest BCUT2D eigenvalue weighted by Crippen LogP contribution is -2.00. The van der Waals surface area contributed by atoms with Crippen LogP contribution in [0.25, 0.3) is 0 Å². The Morgan fingerprint density at radius 3 is 2.00 bits per heavy atom. The van der Waals surface area contributed by atoms with Crippen molar-refractivity contribution in [3.8, 4) is 11.2 Å². The van der Waals surface area contributed by atoms with Crippen molar-refractivity contribution < 1.29 is 19.4 Å². The number of hydrogen-bond donors (Lipinski definition) is 0. The van der Waals surface area contributed by atoms with Gasteiger partial charge in [0.05, 0.1) is 10.3 Å². The molecule has 0 amide bonds. The zero-order chi connectivity index (χ0) is 11.8. The van der Waals surface area contributed by atoms with Gasteiger partial charge in [-0.2, -0.15) is 0 Å². The predicted molar refractivity (Wildman–Crippen MR) is 51.5 cm³/mol. The summed E-state index contributed by atoms with van der Waals surface area (Å²) in [4.78, 5) is 0. The maximum absolute atomic E-state index is 11.8. The summed E-state index contributed by atoms with van der Waals surface area (Å²) in [5.41, 5.74) is -0.285. The highest BCUT2D eigenvalue weighted by Gasteiger charge is 2.62. The fourth-order valence-electron chi connectivity index (χ4n) is 0.714. The van der Waals surface area contributed by atoms with Crippen LogP contribution in [0.2, 0.25) is 5.02 Å². The van der Waals surface area contributed by atoms with Gasteiger partial charge in [-0.15, -0.1) is 0 Å². The fraction of sp³-hybridized carbons (Fsp3) is 0. The molecule has 0 saturated heterocycles. The first-order chi connectivity index (χ1) is 6.47. The first-order valence-corrected chi connectivity index (χ1v) is 5.82. The molecule has 0 radical (unpaired) electrons. The smallest absolute Gasteiger partial charge is 0.0873 e. The molecule has 0 spiro atoms. The Morgan fingerprint density at radius 2 is 1.53 bits per heavy atom. The molecule has 1 rings (SSSR count). The number of halogens is 6. The zero-order valence-corrected chi connectivity index (χ0v) is 8.56. The van der Waals surface area contributed by atoms with Crippen LogP contribution < -0.4 is 0 Å². The molecule has 0 unspecified atom stereocenters. The Kier molecular flexibility index (Phi) is 2.27. The molecule has 0 saturated carbocycles. The largest absolute Gasteiger partial charge is 0.345 e. The minimum atomic E-state index is -9.67. The Bertz CT molecular complexity index is 452. The second-order valence-corrected chi connectivity index (χ2v) is 5.23. The van der Waals surface area contributed by atoms with E-state index in [0.29, 0.717) is 0 Å². The number of hydrogen-bond acceptors (Lipinski definition) is 0. The highest BCUT2D eigenvalue weighted by Crippen LogP contribution is 2.97. The third-order valence-electron chi connectivity index (χ3n) is 1.25. The molecule has 0 atom stereocenters. The summed E-state index contributed by atoms with van der Waals surface area (Å²) >= 11 is 5.44. The van der Waals surface area contributed by atoms with E-state index in [1.807, 2.05) is 0 Å². The van der Waals surface area contributed by atoms with Gasteiger partial charge in [0.2, 0.25) is 0 Å². The molecule has 1 aromatic rings. The van der Waals surface area contributed by atoms with Gasteiger partial charge in [-0.3, -0.25) is 0 Å². The lowest BCUT2D eigenvalue weighted by Gasteiger charge is -2.33. The van der Waals surface area contributed by atoms with Crippen molar-refractivity contribution in [2.24, 2.45) is 0 Å². The minimum absolute atomic E-state index is 0.0820. The number of benzene rings is 1. The highest BCUT2D eigenvalue weighted by molar-refractivity contribution is 8.49. The molecule has 0 aliphatic heterocycles. The van der Waals surface area contributed by atoms with Gasteiger partial charge in [0.25, 0.3) is 0 Å². The molecule has 0 bridgehead atoms. The second kappa shape index (κ2) is 2.80. The standard InChI is InChI=1S/C8H4ClF5S/c9-8-4-2-1-3-7(8)5-6-15(10,11,12,13)14/h1-4H. The highest BCUT2D eigenvalue weighted by atomic mass is 35.5. The monoisotopic (exact) mass is 262 g/mol. The lowest BCUT2D eigenvalue weighted by molar-refractivity contribution is 0.389. The molecule has 0 aromatic heterocycles. The van der Waals surface area contributed by atoms with Crippen LogP contribution in [0.1, 0.15) is 5.56 Å². The van der Waals surface area contributed by atoms with E-state index in [-0.39, 0.29) is 15.8 Å². The Labute approximate surface area is 87.8 Å². The molecule has 7 heteroatoms. The number of rotatable bonds is 0. The first-order valence-electron chi connectivity index (χ1n) is 3.49. The van der Waals surface area contributed by atoms with E-state index in [1.54, 1.807) is 0 Å². The molecule has 0 fully saturated rings. The third-order valence-corrected chi connectivity index (χ3v) is 2.07. The van der Waals surface area contributed by atoms with Crippen LogP contribution in [0.4, 0.5) is 19.4 Å². The van der Waals surface area contributed by atoms with Gasteiger partial charge in [0, 0.05) is 5.56 Å². The van der Waals surface area contributed by atoms with E-state index in [1.165, 1.54) is 24.1 Å². The summed E-state index contributed by atoms with van der Waals surface area (Å²) in [6.07, 6.45) is 0. The van der Waals surface area contributed by atoms with Gasteiger partial charge < -0.3 is 0 Å². The van der Waals surface area contributed by atoms with Crippen LogP contribution in [-0.2, 0) is 0 Å². The topological polar surface area (TPSA) is 0 Å². The molecular weight excluding hydrogens is 259 g/mol. The van der Waals surface area contributed by atoms with Gasteiger partial charge in [0.15, 0.2) is 0 Å². The summed E-state index contributed by atoms with van der Waals surface area (Å²) in [6, 6.07) is 5.18. The summed E-state index contributed by atoms with van der Waals surface area (Å²) in [5, 5.41) is -0.0227. The summed E-state index contributed by atoms with van der Waals surface area (Å²) in [6.45, 7) is 0. The van der Waals surface area contributed by atoms with Crippen LogP contribution in [0.15, 0.2) is 24.3 Å². The molecular formula is C8H4ClF5S. The van der Waals surface area contributed by atoms with Gasteiger partial charge in [-0.05, 0) is 18.1 Å². The average Bonchev–Trinajstić information content (AvgIpc) is 1.99. The van der Waals surface area contributed by atoms with Crippen molar-refractivity contribution in [3.05, 3.63) is 34.9 Å². The van der Waals surface area contributed by atoms with Crippen LogP contribution in [0.5, 0.6) is 0 Å². The van der Waals surface area contributed by atoms with Crippen molar-refractivity contribution >= 4 is 21.8 Å². The molecule has 15 heavy (non-hydrogen) atoms. The molecule has 0 aliphatic carbocycles. The molecule has 0 nitrogen and oxygen atoms in total.